The van der Waals surface area contributed by atoms with E-state index in [1.165, 1.54) is 6.07 Å². The molecule has 0 unspecified atom stereocenters. The maximum absolute atomic E-state index is 13.5. The predicted molar refractivity (Wildman–Crippen MR) is 60.4 cm³/mol. The Labute approximate surface area is 98.3 Å². The minimum absolute atomic E-state index is 0.0344. The molecule has 0 aliphatic carbocycles. The maximum Gasteiger partial charge on any atom is 0.141 e. The third kappa shape index (κ3) is 2.02. The van der Waals surface area contributed by atoms with Crippen LogP contribution in [0.3, 0.4) is 0 Å². The van der Waals surface area contributed by atoms with E-state index in [2.05, 4.69) is 10.3 Å². The average molecular weight is 230 g/mol. The first-order valence-corrected chi connectivity index (χ1v) is 5.35. The largest absolute Gasteiger partial charge is 0.245 e. The first-order valence-electron chi connectivity index (χ1n) is 5.35. The number of aromatic nitrogens is 3. The Morgan fingerprint density at radius 2 is 2.29 bits per heavy atom. The maximum atomic E-state index is 13.5. The average Bonchev–Trinajstić information content (AvgIpc) is 2.77. The van der Waals surface area contributed by atoms with Crippen LogP contribution in [0.1, 0.15) is 18.9 Å². The highest BCUT2D eigenvalue weighted by Crippen LogP contribution is 2.24. The zero-order valence-electron chi connectivity index (χ0n) is 9.39. The zero-order valence-corrected chi connectivity index (χ0v) is 9.39. The van der Waals surface area contributed by atoms with E-state index in [-0.39, 0.29) is 5.56 Å². The molecule has 1 heterocycles. The first-order chi connectivity index (χ1) is 8.27. The fourth-order valence-electron chi connectivity index (χ4n) is 1.69. The van der Waals surface area contributed by atoms with Gasteiger partial charge in [0.25, 0.3) is 0 Å². The molecular weight excluding hydrogens is 219 g/mol. The van der Waals surface area contributed by atoms with E-state index in [0.29, 0.717) is 17.8 Å². The van der Waals surface area contributed by atoms with Gasteiger partial charge in [-0.2, -0.15) is 5.26 Å². The van der Waals surface area contributed by atoms with Gasteiger partial charge in [0.05, 0.1) is 17.5 Å². The van der Waals surface area contributed by atoms with Crippen molar-refractivity contribution in [3.05, 3.63) is 35.8 Å². The van der Waals surface area contributed by atoms with Crippen LogP contribution in [-0.4, -0.2) is 15.0 Å². The van der Waals surface area contributed by atoms with Crippen LogP contribution in [0.25, 0.3) is 11.3 Å². The highest BCUT2D eigenvalue weighted by Gasteiger charge is 2.13. The number of hydrogen-bond donors (Lipinski definition) is 0. The molecule has 0 aliphatic rings. The normalized spacial score (nSPS) is 10.2. The van der Waals surface area contributed by atoms with Gasteiger partial charge in [0, 0.05) is 12.1 Å². The molecule has 0 fully saturated rings. The smallest absolute Gasteiger partial charge is 0.141 e. The molecule has 0 saturated carbocycles. The van der Waals surface area contributed by atoms with E-state index >= 15 is 0 Å². The lowest BCUT2D eigenvalue weighted by molar-refractivity contribution is 0.583. The first kappa shape index (κ1) is 11.3. The van der Waals surface area contributed by atoms with Gasteiger partial charge in [-0.25, -0.2) is 9.07 Å². The standard InChI is InChI=1S/C12H11FN4/c1-2-6-17-12(8-15-16-17)9-4-3-5-11(13)10(9)7-14/h3-5,8H,2,6H2,1H3. The molecule has 0 N–H and O–H groups in total. The van der Waals surface area contributed by atoms with E-state index in [9.17, 15) is 4.39 Å². The Bertz CT molecular complexity index is 568. The van der Waals surface area contributed by atoms with Gasteiger partial charge in [-0.05, 0) is 12.5 Å². The molecule has 0 spiro atoms. The Kier molecular flexibility index (Phi) is 3.15. The van der Waals surface area contributed by atoms with Crippen molar-refractivity contribution in [2.24, 2.45) is 0 Å². The van der Waals surface area contributed by atoms with E-state index in [4.69, 9.17) is 5.26 Å². The summed E-state index contributed by atoms with van der Waals surface area (Å²) in [4.78, 5) is 0. The fourth-order valence-corrected chi connectivity index (χ4v) is 1.69. The number of nitrogens with zero attached hydrogens (tertiary/aromatic N) is 4. The number of nitriles is 1. The molecule has 0 saturated heterocycles. The summed E-state index contributed by atoms with van der Waals surface area (Å²) < 4.78 is 15.2. The van der Waals surface area contributed by atoms with Crippen molar-refractivity contribution in [2.45, 2.75) is 19.9 Å². The summed E-state index contributed by atoms with van der Waals surface area (Å²) in [6.45, 7) is 2.71. The third-order valence-electron chi connectivity index (χ3n) is 2.45. The Hall–Kier alpha value is -2.22. The van der Waals surface area contributed by atoms with E-state index in [1.807, 2.05) is 13.0 Å². The van der Waals surface area contributed by atoms with Crippen LogP contribution < -0.4 is 0 Å². The van der Waals surface area contributed by atoms with Gasteiger partial charge in [0.1, 0.15) is 11.9 Å². The number of aryl methyl sites for hydroxylation is 1. The summed E-state index contributed by atoms with van der Waals surface area (Å²) in [5, 5.41) is 16.7. The van der Waals surface area contributed by atoms with Crippen molar-refractivity contribution in [2.75, 3.05) is 0 Å². The van der Waals surface area contributed by atoms with Crippen LogP contribution in [0, 0.1) is 17.1 Å². The molecule has 86 valence electrons. The van der Waals surface area contributed by atoms with Crippen LogP contribution in [0.15, 0.2) is 24.4 Å². The minimum atomic E-state index is -0.519. The minimum Gasteiger partial charge on any atom is -0.245 e. The molecule has 2 aromatic rings. The number of halogens is 1. The van der Waals surface area contributed by atoms with Crippen LogP contribution in [0.5, 0.6) is 0 Å². The third-order valence-corrected chi connectivity index (χ3v) is 2.45. The Morgan fingerprint density at radius 3 is 3.00 bits per heavy atom. The summed E-state index contributed by atoms with van der Waals surface area (Å²) >= 11 is 0. The molecule has 5 heteroatoms. The van der Waals surface area contributed by atoms with Gasteiger partial charge in [-0.1, -0.05) is 24.3 Å². The van der Waals surface area contributed by atoms with Crippen molar-refractivity contribution in [1.29, 1.82) is 5.26 Å². The van der Waals surface area contributed by atoms with Crippen LogP contribution in [-0.2, 0) is 6.54 Å². The topological polar surface area (TPSA) is 54.5 Å². The van der Waals surface area contributed by atoms with Gasteiger partial charge < -0.3 is 0 Å². The molecule has 0 aliphatic heterocycles. The molecule has 1 aromatic carbocycles. The molecular formula is C12H11FN4. The second-order valence-electron chi connectivity index (χ2n) is 3.62. The van der Waals surface area contributed by atoms with Crippen LogP contribution in [0.2, 0.25) is 0 Å². The van der Waals surface area contributed by atoms with Crippen molar-refractivity contribution in [3.63, 3.8) is 0 Å². The van der Waals surface area contributed by atoms with E-state index in [1.54, 1.807) is 23.0 Å². The number of rotatable bonds is 3. The van der Waals surface area contributed by atoms with E-state index < -0.39 is 5.82 Å². The number of benzene rings is 1. The molecule has 2 rings (SSSR count). The molecule has 0 atom stereocenters. The predicted octanol–water partition coefficient (Wildman–Crippen LogP) is 2.37. The summed E-state index contributed by atoms with van der Waals surface area (Å²) in [6, 6.07) is 6.43. The lowest BCUT2D eigenvalue weighted by Gasteiger charge is -2.06. The lowest BCUT2D eigenvalue weighted by atomic mass is 10.1. The highest BCUT2D eigenvalue weighted by atomic mass is 19.1. The SMILES string of the molecule is CCCn1nncc1-c1cccc(F)c1C#N. The van der Waals surface area contributed by atoms with Gasteiger partial charge in [0.15, 0.2) is 0 Å². The lowest BCUT2D eigenvalue weighted by Crippen LogP contribution is -2.03. The van der Waals surface area contributed by atoms with E-state index in [0.717, 1.165) is 6.42 Å². The quantitative estimate of drug-likeness (QED) is 0.813. The molecule has 4 nitrogen and oxygen atoms in total. The van der Waals surface area contributed by atoms with Gasteiger partial charge in [0.2, 0.25) is 0 Å². The molecule has 1 aromatic heterocycles. The highest BCUT2D eigenvalue weighted by molar-refractivity contribution is 5.67. The summed E-state index contributed by atoms with van der Waals surface area (Å²) in [5.41, 5.74) is 1.24. The van der Waals surface area contributed by atoms with Gasteiger partial charge in [-0.3, -0.25) is 0 Å². The molecule has 0 bridgehead atoms. The van der Waals surface area contributed by atoms with Crippen molar-refractivity contribution in [3.8, 4) is 17.3 Å². The van der Waals surface area contributed by atoms with Gasteiger partial charge in [-0.15, -0.1) is 5.10 Å². The zero-order chi connectivity index (χ0) is 12.3. The molecule has 17 heavy (non-hydrogen) atoms. The molecule has 0 radical (unpaired) electrons. The van der Waals surface area contributed by atoms with Crippen LogP contribution >= 0.6 is 0 Å². The second kappa shape index (κ2) is 4.74. The second-order valence-corrected chi connectivity index (χ2v) is 3.62. The van der Waals surface area contributed by atoms with Crippen molar-refractivity contribution in [1.82, 2.24) is 15.0 Å². The van der Waals surface area contributed by atoms with Crippen molar-refractivity contribution < 1.29 is 4.39 Å². The number of hydrogen-bond acceptors (Lipinski definition) is 3. The summed E-state index contributed by atoms with van der Waals surface area (Å²) in [7, 11) is 0. The summed E-state index contributed by atoms with van der Waals surface area (Å²) in [6.07, 6.45) is 2.44. The Balaban J connectivity index is 2.57. The summed E-state index contributed by atoms with van der Waals surface area (Å²) in [5.74, 6) is -0.519. The molecule has 0 amide bonds. The van der Waals surface area contributed by atoms with Crippen molar-refractivity contribution >= 4 is 0 Å². The van der Waals surface area contributed by atoms with Gasteiger partial charge >= 0.3 is 0 Å². The van der Waals surface area contributed by atoms with Crippen LogP contribution in [0.4, 0.5) is 4.39 Å². The fraction of sp³-hybridized carbons (Fsp3) is 0.250. The monoisotopic (exact) mass is 230 g/mol. The Morgan fingerprint density at radius 1 is 1.47 bits per heavy atom.